The van der Waals surface area contributed by atoms with Crippen LogP contribution in [-0.4, -0.2) is 0 Å². The van der Waals surface area contributed by atoms with E-state index in [0.29, 0.717) is 0 Å². The molecular weight excluding hydrogens is 751 g/mol. The Morgan fingerprint density at radius 3 is 1.52 bits per heavy atom. The van der Waals surface area contributed by atoms with Crippen molar-refractivity contribution in [2.24, 2.45) is 0 Å². The maximum absolute atomic E-state index is 6.65. The largest absolute Gasteiger partial charge is 0.454 e. The molecule has 0 bridgehead atoms. The van der Waals surface area contributed by atoms with Crippen molar-refractivity contribution in [2.45, 2.75) is 0 Å². The number of nitrogens with zero attached hydrogens (tertiary/aromatic N) is 1. The number of hydrogen-bond acceptors (Lipinski definition) is 2. The van der Waals surface area contributed by atoms with Crippen LogP contribution in [0.25, 0.3) is 98.8 Å². The number of hydrogen-bond donors (Lipinski definition) is 0. The number of fused-ring (bicyclic) bond motifs is 7. The number of para-hydroxylation sites is 2. The normalized spacial score (nSPS) is 11.5. The lowest BCUT2D eigenvalue weighted by Crippen LogP contribution is -2.10. The number of rotatable bonds is 7. The maximum atomic E-state index is 6.65. The monoisotopic (exact) mass is 789 g/mol. The van der Waals surface area contributed by atoms with Gasteiger partial charge < -0.3 is 9.32 Å². The molecule has 1 heterocycles. The molecule has 0 saturated carbocycles. The highest BCUT2D eigenvalue weighted by Crippen LogP contribution is 2.46. The lowest BCUT2D eigenvalue weighted by molar-refractivity contribution is 0.669. The third kappa shape index (κ3) is 5.96. The third-order valence-corrected chi connectivity index (χ3v) is 12.5. The van der Waals surface area contributed by atoms with E-state index in [1.807, 2.05) is 6.07 Å². The Kier molecular flexibility index (Phi) is 8.53. The van der Waals surface area contributed by atoms with Gasteiger partial charge in [0.1, 0.15) is 5.58 Å². The van der Waals surface area contributed by atoms with Gasteiger partial charge in [0.2, 0.25) is 0 Å². The zero-order chi connectivity index (χ0) is 41.0. The van der Waals surface area contributed by atoms with E-state index in [1.54, 1.807) is 0 Å². The van der Waals surface area contributed by atoms with Gasteiger partial charge in [-0.15, -0.1) is 0 Å². The van der Waals surface area contributed by atoms with E-state index in [0.717, 1.165) is 50.1 Å². The average molecular weight is 790 g/mol. The Labute approximate surface area is 360 Å². The molecular formula is C60H39NO. The van der Waals surface area contributed by atoms with Crippen LogP contribution in [0.5, 0.6) is 0 Å². The first-order valence-electron chi connectivity index (χ1n) is 21.3. The summed E-state index contributed by atoms with van der Waals surface area (Å²) in [5.41, 5.74) is 14.4. The van der Waals surface area contributed by atoms with Crippen LogP contribution < -0.4 is 4.90 Å². The topological polar surface area (TPSA) is 16.4 Å². The Bertz CT molecular complexity index is 3610. The van der Waals surface area contributed by atoms with Gasteiger partial charge in [0.05, 0.1) is 5.69 Å². The van der Waals surface area contributed by atoms with Crippen molar-refractivity contribution in [1.29, 1.82) is 0 Å². The van der Waals surface area contributed by atoms with Gasteiger partial charge in [-0.1, -0.05) is 194 Å². The first kappa shape index (κ1) is 35.7. The van der Waals surface area contributed by atoms with Crippen LogP contribution in [0.1, 0.15) is 0 Å². The van der Waals surface area contributed by atoms with Crippen LogP contribution in [0.2, 0.25) is 0 Å². The highest BCUT2D eigenvalue weighted by molar-refractivity contribution is 6.21. The first-order chi connectivity index (χ1) is 30.8. The molecule has 0 unspecified atom stereocenters. The maximum Gasteiger partial charge on any atom is 0.159 e. The van der Waals surface area contributed by atoms with Crippen molar-refractivity contribution in [3.63, 3.8) is 0 Å². The molecule has 1 aromatic heterocycles. The summed E-state index contributed by atoms with van der Waals surface area (Å²) < 4.78 is 6.65. The molecule has 0 spiro atoms. The molecule has 2 heteroatoms. The number of benzene rings is 11. The van der Waals surface area contributed by atoms with E-state index < -0.39 is 0 Å². The molecule has 0 atom stereocenters. The quantitative estimate of drug-likeness (QED) is 0.150. The van der Waals surface area contributed by atoms with Crippen LogP contribution in [0.4, 0.5) is 17.1 Å². The van der Waals surface area contributed by atoms with Crippen molar-refractivity contribution >= 4 is 71.3 Å². The molecule has 2 nitrogen and oxygen atoms in total. The highest BCUT2D eigenvalue weighted by atomic mass is 16.3. The van der Waals surface area contributed by atoms with Gasteiger partial charge in [0.15, 0.2) is 5.58 Å². The predicted octanol–water partition coefficient (Wildman–Crippen LogP) is 17.2. The van der Waals surface area contributed by atoms with Gasteiger partial charge in [0.25, 0.3) is 0 Å². The molecule has 0 aliphatic rings. The van der Waals surface area contributed by atoms with Crippen LogP contribution in [0.3, 0.4) is 0 Å². The Morgan fingerprint density at radius 1 is 0.290 bits per heavy atom. The smallest absolute Gasteiger partial charge is 0.159 e. The average Bonchev–Trinajstić information content (AvgIpc) is 3.74. The number of furan rings is 1. The molecule has 0 amide bonds. The van der Waals surface area contributed by atoms with Gasteiger partial charge >= 0.3 is 0 Å². The minimum atomic E-state index is 0.862. The minimum absolute atomic E-state index is 0.862. The van der Waals surface area contributed by atoms with Gasteiger partial charge in [-0.2, -0.15) is 0 Å². The number of anilines is 3. The standard InChI is InChI=1S/C60H39NO/c1-2-16-43(17-3-1)58-53-25-8-6-22-50(53)51-23-7-9-26-54(51)59(58)45-20-12-19-44(39-45)40-31-35-46(36-32-40)61(56-29-14-28-55-52-24-10-11-30-57(52)62-60(55)56)47-37-33-42(34-38-47)49-27-13-18-41-15-4-5-21-48(41)49/h1-39H. The van der Waals surface area contributed by atoms with Crippen LogP contribution >= 0.6 is 0 Å². The molecule has 12 aromatic rings. The van der Waals surface area contributed by atoms with E-state index in [2.05, 4.69) is 235 Å². The van der Waals surface area contributed by atoms with Gasteiger partial charge in [-0.25, -0.2) is 0 Å². The van der Waals surface area contributed by atoms with E-state index >= 15 is 0 Å². The van der Waals surface area contributed by atoms with Crippen molar-refractivity contribution in [3.8, 4) is 44.5 Å². The van der Waals surface area contributed by atoms with Gasteiger partial charge in [-0.3, -0.25) is 0 Å². The zero-order valence-electron chi connectivity index (χ0n) is 33.9. The van der Waals surface area contributed by atoms with Gasteiger partial charge in [-0.05, 0) is 119 Å². The second-order valence-electron chi connectivity index (χ2n) is 16.0. The predicted molar refractivity (Wildman–Crippen MR) is 263 cm³/mol. The van der Waals surface area contributed by atoms with E-state index in [4.69, 9.17) is 4.42 Å². The third-order valence-electron chi connectivity index (χ3n) is 12.5. The summed E-state index contributed by atoms with van der Waals surface area (Å²) in [7, 11) is 0. The van der Waals surface area contributed by atoms with Gasteiger partial charge in [0, 0.05) is 22.1 Å². The van der Waals surface area contributed by atoms with Crippen molar-refractivity contribution < 1.29 is 4.42 Å². The second kappa shape index (κ2) is 14.8. The van der Waals surface area contributed by atoms with Crippen molar-refractivity contribution in [1.82, 2.24) is 0 Å². The summed E-state index contributed by atoms with van der Waals surface area (Å²) in [6.45, 7) is 0. The summed E-state index contributed by atoms with van der Waals surface area (Å²) in [5.74, 6) is 0. The summed E-state index contributed by atoms with van der Waals surface area (Å²) in [6, 6.07) is 85.3. The Hall–Kier alpha value is -8.20. The molecule has 0 aliphatic heterocycles. The molecule has 0 aliphatic carbocycles. The lowest BCUT2D eigenvalue weighted by atomic mass is 9.84. The fourth-order valence-electron chi connectivity index (χ4n) is 9.61. The summed E-state index contributed by atoms with van der Waals surface area (Å²) in [5, 5.41) is 9.73. The molecule has 0 saturated heterocycles. The molecule has 0 fully saturated rings. The molecule has 290 valence electrons. The molecule has 0 radical (unpaired) electrons. The molecule has 62 heavy (non-hydrogen) atoms. The Balaban J connectivity index is 0.987. The minimum Gasteiger partial charge on any atom is -0.454 e. The SMILES string of the molecule is c1ccc(-c2c(-c3cccc(-c4ccc(N(c5ccc(-c6cccc7ccccc67)cc5)c5cccc6c5oc5ccccc56)cc4)c3)c3ccccc3c3ccccc23)cc1. The summed E-state index contributed by atoms with van der Waals surface area (Å²) in [6.07, 6.45) is 0. The highest BCUT2D eigenvalue weighted by Gasteiger charge is 2.21. The molecule has 0 N–H and O–H groups in total. The molecule has 12 rings (SSSR count). The van der Waals surface area contributed by atoms with Crippen LogP contribution in [0.15, 0.2) is 241 Å². The first-order valence-corrected chi connectivity index (χ1v) is 21.3. The summed E-state index contributed by atoms with van der Waals surface area (Å²) in [4.78, 5) is 2.32. The summed E-state index contributed by atoms with van der Waals surface area (Å²) >= 11 is 0. The van der Waals surface area contributed by atoms with Crippen molar-refractivity contribution in [2.75, 3.05) is 4.90 Å². The van der Waals surface area contributed by atoms with Crippen LogP contribution in [0, 0.1) is 0 Å². The van der Waals surface area contributed by atoms with E-state index in [9.17, 15) is 0 Å². The van der Waals surface area contributed by atoms with E-state index in [-0.39, 0.29) is 0 Å². The van der Waals surface area contributed by atoms with Crippen molar-refractivity contribution in [3.05, 3.63) is 237 Å². The lowest BCUT2D eigenvalue weighted by Gasteiger charge is -2.26. The fraction of sp³-hybridized carbons (Fsp3) is 0. The zero-order valence-corrected chi connectivity index (χ0v) is 33.9. The van der Waals surface area contributed by atoms with E-state index in [1.165, 1.54) is 65.7 Å². The van der Waals surface area contributed by atoms with Crippen LogP contribution in [-0.2, 0) is 0 Å². The Morgan fingerprint density at radius 2 is 0.790 bits per heavy atom. The molecule has 11 aromatic carbocycles. The second-order valence-corrected chi connectivity index (χ2v) is 16.0. The fourth-order valence-corrected chi connectivity index (χ4v) is 9.61.